The highest BCUT2D eigenvalue weighted by Gasteiger charge is 2.18. The Morgan fingerprint density at radius 1 is 0.917 bits per heavy atom. The Balaban J connectivity index is 1.23. The zero-order valence-electron chi connectivity index (χ0n) is 19.7. The zero-order chi connectivity index (χ0) is 24.6. The second-order valence-corrected chi connectivity index (χ2v) is 8.66. The quantitative estimate of drug-likeness (QED) is 0.346. The lowest BCUT2D eigenvalue weighted by Crippen LogP contribution is -2.30. The molecule has 7 nitrogen and oxygen atoms in total. The van der Waals surface area contributed by atoms with E-state index >= 15 is 0 Å². The van der Waals surface area contributed by atoms with E-state index in [4.69, 9.17) is 9.47 Å². The summed E-state index contributed by atoms with van der Waals surface area (Å²) in [5.74, 6) is 1.18. The molecule has 0 aliphatic heterocycles. The molecule has 0 atom stereocenters. The summed E-state index contributed by atoms with van der Waals surface area (Å²) in [6, 6.07) is 22.7. The first-order valence-corrected chi connectivity index (χ1v) is 11.7. The Labute approximate surface area is 206 Å². The number of pyridine rings is 2. The fraction of sp³-hybridized carbons (Fsp3) is 0.138. The first-order valence-electron chi connectivity index (χ1n) is 11.7. The van der Waals surface area contributed by atoms with Crippen LogP contribution in [0.25, 0.3) is 38.1 Å². The van der Waals surface area contributed by atoms with Crippen molar-refractivity contribution in [3.05, 3.63) is 94.9 Å². The monoisotopic (exact) mass is 477 g/mol. The summed E-state index contributed by atoms with van der Waals surface area (Å²) in [7, 11) is 1.63. The number of fused-ring (bicyclic) bond motifs is 5. The van der Waals surface area contributed by atoms with Gasteiger partial charge in [0.2, 0.25) is 0 Å². The first kappa shape index (κ1) is 21.9. The van der Waals surface area contributed by atoms with E-state index in [0.717, 1.165) is 44.0 Å². The number of nitrogens with one attached hydrogen (secondary N) is 1. The van der Waals surface area contributed by atoms with Crippen LogP contribution in [0.2, 0.25) is 0 Å². The predicted octanol–water partition coefficient (Wildman–Crippen LogP) is 4.34. The van der Waals surface area contributed by atoms with Crippen LogP contribution in [0.1, 0.15) is 5.56 Å². The molecule has 6 rings (SSSR count). The highest BCUT2D eigenvalue weighted by molar-refractivity contribution is 6.18. The molecule has 0 unspecified atom stereocenters. The van der Waals surface area contributed by atoms with Gasteiger partial charge in [0.15, 0.2) is 6.61 Å². The van der Waals surface area contributed by atoms with Crippen LogP contribution in [-0.2, 0) is 11.2 Å². The normalized spacial score (nSPS) is 11.5. The number of benzene rings is 3. The molecule has 0 fully saturated rings. The van der Waals surface area contributed by atoms with E-state index in [1.54, 1.807) is 23.8 Å². The van der Waals surface area contributed by atoms with E-state index in [1.165, 1.54) is 0 Å². The second-order valence-electron chi connectivity index (χ2n) is 8.66. The van der Waals surface area contributed by atoms with Crippen molar-refractivity contribution in [2.75, 3.05) is 20.3 Å². The number of amides is 1. The van der Waals surface area contributed by atoms with E-state index < -0.39 is 0 Å². The summed E-state index contributed by atoms with van der Waals surface area (Å²) < 4.78 is 12.7. The van der Waals surface area contributed by atoms with E-state index in [2.05, 4.69) is 10.3 Å². The van der Waals surface area contributed by atoms with Gasteiger partial charge in [-0.3, -0.25) is 19.0 Å². The summed E-state index contributed by atoms with van der Waals surface area (Å²) in [6.45, 7) is 0.420. The van der Waals surface area contributed by atoms with E-state index in [-0.39, 0.29) is 18.1 Å². The number of nitrogens with zero attached hydrogens (tertiary/aromatic N) is 2. The maximum absolute atomic E-state index is 13.3. The fourth-order valence-corrected chi connectivity index (χ4v) is 4.78. The lowest BCUT2D eigenvalue weighted by molar-refractivity contribution is -0.123. The third-order valence-corrected chi connectivity index (χ3v) is 6.53. The molecule has 0 saturated carbocycles. The Kier molecular flexibility index (Phi) is 5.37. The number of hydrogen-bond donors (Lipinski definition) is 1. The van der Waals surface area contributed by atoms with Crippen LogP contribution < -0.4 is 20.3 Å². The van der Waals surface area contributed by atoms with E-state index in [1.807, 2.05) is 66.7 Å². The largest absolute Gasteiger partial charge is 0.497 e. The maximum Gasteiger partial charge on any atom is 0.263 e. The van der Waals surface area contributed by atoms with Gasteiger partial charge >= 0.3 is 0 Å². The molecular weight excluding hydrogens is 454 g/mol. The minimum absolute atomic E-state index is 0.0731. The number of aromatic nitrogens is 2. The van der Waals surface area contributed by atoms with Gasteiger partial charge in [0, 0.05) is 34.3 Å². The summed E-state index contributed by atoms with van der Waals surface area (Å²) in [6.07, 6.45) is 2.48. The van der Waals surface area contributed by atoms with Crippen LogP contribution in [0.3, 0.4) is 0 Å². The van der Waals surface area contributed by atoms with E-state index in [9.17, 15) is 9.59 Å². The summed E-state index contributed by atoms with van der Waals surface area (Å²) >= 11 is 0. The van der Waals surface area contributed by atoms with Crippen LogP contribution in [0, 0.1) is 0 Å². The summed E-state index contributed by atoms with van der Waals surface area (Å²) in [5.41, 5.74) is 3.41. The van der Waals surface area contributed by atoms with Crippen molar-refractivity contribution in [2.45, 2.75) is 6.42 Å². The average Bonchev–Trinajstić information content (AvgIpc) is 3.25. The highest BCUT2D eigenvalue weighted by atomic mass is 16.5. The molecule has 3 aromatic heterocycles. The van der Waals surface area contributed by atoms with Crippen LogP contribution in [-0.4, -0.2) is 35.6 Å². The Hall–Kier alpha value is -4.65. The smallest absolute Gasteiger partial charge is 0.263 e. The van der Waals surface area contributed by atoms with Crippen molar-refractivity contribution in [1.29, 1.82) is 0 Å². The second kappa shape index (κ2) is 8.85. The molecule has 1 amide bonds. The van der Waals surface area contributed by atoms with Gasteiger partial charge in [-0.15, -0.1) is 0 Å². The summed E-state index contributed by atoms with van der Waals surface area (Å²) in [4.78, 5) is 30.3. The minimum atomic E-state index is -0.193. The fourth-order valence-electron chi connectivity index (χ4n) is 4.78. The molecule has 0 aliphatic rings. The van der Waals surface area contributed by atoms with Crippen molar-refractivity contribution in [2.24, 2.45) is 0 Å². The number of ether oxygens (including phenoxy) is 2. The van der Waals surface area contributed by atoms with Crippen LogP contribution in [0.4, 0.5) is 0 Å². The highest BCUT2D eigenvalue weighted by Crippen LogP contribution is 2.34. The molecule has 7 heteroatoms. The third-order valence-electron chi connectivity index (χ3n) is 6.53. The van der Waals surface area contributed by atoms with Crippen molar-refractivity contribution in [3.63, 3.8) is 0 Å². The zero-order valence-corrected chi connectivity index (χ0v) is 19.7. The summed E-state index contributed by atoms with van der Waals surface area (Å²) in [5, 5.41) is 6.17. The van der Waals surface area contributed by atoms with Gasteiger partial charge in [0.25, 0.3) is 11.5 Å². The van der Waals surface area contributed by atoms with Crippen molar-refractivity contribution < 1.29 is 14.3 Å². The van der Waals surface area contributed by atoms with Gasteiger partial charge in [-0.05, 0) is 54.4 Å². The molecule has 1 N–H and O–H groups in total. The lowest BCUT2D eigenvalue weighted by atomic mass is 10.1. The van der Waals surface area contributed by atoms with Crippen molar-refractivity contribution in [1.82, 2.24) is 14.7 Å². The topological polar surface area (TPSA) is 81.9 Å². The first-order chi connectivity index (χ1) is 17.6. The number of carbonyl (C=O) groups excluding carboxylic acids is 1. The minimum Gasteiger partial charge on any atom is -0.497 e. The third kappa shape index (κ3) is 3.65. The molecule has 6 aromatic rings. The number of methoxy groups -OCH3 is 1. The standard InChI is InChI=1S/C29H23N3O4/c1-35-19-8-6-18(7-9-19)12-14-30-26(33)17-36-20-10-11-25-24(16-20)22-13-15-31-27-21-4-2-3-5-23(21)29(34)32(25)28(22)27/h2-11,13,15-16H,12,14,17H2,1H3,(H,30,33). The van der Waals surface area contributed by atoms with Gasteiger partial charge in [-0.25, -0.2) is 0 Å². The van der Waals surface area contributed by atoms with Crippen molar-refractivity contribution in [3.8, 4) is 11.5 Å². The van der Waals surface area contributed by atoms with E-state index in [0.29, 0.717) is 24.1 Å². The van der Waals surface area contributed by atoms with Crippen LogP contribution in [0.5, 0.6) is 11.5 Å². The maximum atomic E-state index is 13.3. The molecule has 36 heavy (non-hydrogen) atoms. The average molecular weight is 478 g/mol. The van der Waals surface area contributed by atoms with Gasteiger partial charge in [0.05, 0.1) is 23.7 Å². The van der Waals surface area contributed by atoms with Crippen LogP contribution >= 0.6 is 0 Å². The SMILES string of the molecule is COc1ccc(CCNC(=O)COc2ccc3c(c2)c2ccnc4c5ccccc5c(=O)n3c24)cc1. The van der Waals surface area contributed by atoms with Gasteiger partial charge < -0.3 is 14.8 Å². The Bertz CT molecular complexity index is 1790. The van der Waals surface area contributed by atoms with Crippen LogP contribution in [0.15, 0.2) is 83.8 Å². The lowest BCUT2D eigenvalue weighted by Gasteiger charge is -2.08. The molecular formula is C29H23N3O4. The molecule has 0 bridgehead atoms. The van der Waals surface area contributed by atoms with Gasteiger partial charge in [-0.1, -0.05) is 30.3 Å². The van der Waals surface area contributed by atoms with Gasteiger partial charge in [0.1, 0.15) is 11.5 Å². The van der Waals surface area contributed by atoms with Crippen molar-refractivity contribution >= 4 is 44.0 Å². The molecule has 0 aliphatic carbocycles. The molecule has 3 heterocycles. The number of carbonyl (C=O) groups is 1. The molecule has 178 valence electrons. The van der Waals surface area contributed by atoms with Gasteiger partial charge in [-0.2, -0.15) is 0 Å². The molecule has 0 radical (unpaired) electrons. The molecule has 0 spiro atoms. The number of hydrogen-bond acceptors (Lipinski definition) is 5. The predicted molar refractivity (Wildman–Crippen MR) is 140 cm³/mol. The number of rotatable bonds is 7. The molecule has 0 saturated heterocycles. The molecule has 3 aromatic carbocycles. The Morgan fingerprint density at radius 2 is 1.69 bits per heavy atom. The Morgan fingerprint density at radius 3 is 2.50 bits per heavy atom.